The smallest absolute Gasteiger partial charge is 0.245 e. The van der Waals surface area contributed by atoms with Crippen molar-refractivity contribution in [2.75, 3.05) is 13.1 Å². The molecular weight excluding hydrogens is 514 g/mol. The molecule has 0 bridgehead atoms. The van der Waals surface area contributed by atoms with E-state index in [4.69, 9.17) is 5.41 Å². The molecule has 0 radical (unpaired) electrons. The Morgan fingerprint density at radius 1 is 1.10 bits per heavy atom. The number of aryl methyl sites for hydroxylation is 1. The molecule has 2 saturated heterocycles. The molecule has 3 heterocycles. The Morgan fingerprint density at radius 2 is 1.87 bits per heavy atom. The van der Waals surface area contributed by atoms with Gasteiger partial charge in [-0.05, 0) is 75.0 Å². The number of hydrogen-bond acceptors (Lipinski definition) is 7. The molecule has 3 fully saturated rings. The van der Waals surface area contributed by atoms with Gasteiger partial charge in [0.25, 0.3) is 0 Å². The van der Waals surface area contributed by atoms with E-state index < -0.39 is 18.1 Å². The molecular formula is C29H35N5O4S. The average Bonchev–Trinajstić information content (AvgIpc) is 3.66. The summed E-state index contributed by atoms with van der Waals surface area (Å²) in [4.78, 5) is 60.7. The van der Waals surface area contributed by atoms with Crippen molar-refractivity contribution >= 4 is 41.1 Å². The molecule has 3 aliphatic rings. The van der Waals surface area contributed by atoms with Crippen molar-refractivity contribution in [1.82, 2.24) is 20.1 Å². The van der Waals surface area contributed by atoms with E-state index in [2.05, 4.69) is 22.4 Å². The third kappa shape index (κ3) is 5.95. The first-order valence-corrected chi connectivity index (χ1v) is 14.7. The number of nitrogens with one attached hydrogen (secondary N) is 2. The van der Waals surface area contributed by atoms with Gasteiger partial charge in [-0.3, -0.25) is 19.2 Å². The van der Waals surface area contributed by atoms with Crippen LogP contribution in [0.2, 0.25) is 0 Å². The van der Waals surface area contributed by atoms with Crippen LogP contribution in [0.5, 0.6) is 0 Å². The van der Waals surface area contributed by atoms with Crippen molar-refractivity contribution in [3.63, 3.8) is 0 Å². The first-order chi connectivity index (χ1) is 19.0. The summed E-state index contributed by atoms with van der Waals surface area (Å²) in [5, 5.41) is 12.6. The molecule has 1 saturated carbocycles. The summed E-state index contributed by atoms with van der Waals surface area (Å²) in [6.45, 7) is 0.479. The van der Waals surface area contributed by atoms with Gasteiger partial charge < -0.3 is 20.5 Å². The summed E-state index contributed by atoms with van der Waals surface area (Å²) >= 11 is 1.25. The van der Waals surface area contributed by atoms with E-state index in [1.807, 2.05) is 18.2 Å². The highest BCUT2D eigenvalue weighted by Gasteiger charge is 2.49. The molecule has 1 aromatic heterocycles. The van der Waals surface area contributed by atoms with Crippen LogP contribution in [0.25, 0.3) is 0 Å². The third-order valence-corrected chi connectivity index (χ3v) is 9.17. The maximum Gasteiger partial charge on any atom is 0.245 e. The minimum atomic E-state index is -0.762. The first-order valence-electron chi connectivity index (χ1n) is 13.8. The van der Waals surface area contributed by atoms with Gasteiger partial charge in [0.1, 0.15) is 12.1 Å². The van der Waals surface area contributed by atoms with Crippen LogP contribution in [0.4, 0.5) is 0 Å². The van der Waals surface area contributed by atoms with Crippen LogP contribution in [0.1, 0.15) is 60.3 Å². The van der Waals surface area contributed by atoms with E-state index >= 15 is 0 Å². The van der Waals surface area contributed by atoms with Gasteiger partial charge in [0.15, 0.2) is 5.01 Å². The minimum Gasteiger partial charge on any atom is -0.344 e. The average molecular weight is 550 g/mol. The fraction of sp³-hybridized carbons (Fsp3) is 0.517. The molecule has 39 heavy (non-hydrogen) atoms. The van der Waals surface area contributed by atoms with Gasteiger partial charge in [-0.15, -0.1) is 11.3 Å². The minimum absolute atomic E-state index is 0.0248. The zero-order valence-electron chi connectivity index (χ0n) is 22.0. The number of thiazole rings is 1. The van der Waals surface area contributed by atoms with E-state index in [9.17, 15) is 19.2 Å². The molecule has 3 atom stereocenters. The number of amides is 3. The van der Waals surface area contributed by atoms with Gasteiger partial charge in [0.05, 0.1) is 12.6 Å². The van der Waals surface area contributed by atoms with Crippen LogP contribution in [0.3, 0.4) is 0 Å². The van der Waals surface area contributed by atoms with Gasteiger partial charge in [-0.25, -0.2) is 4.98 Å². The number of nitrogens with zero attached hydrogens (tertiary/aromatic N) is 3. The summed E-state index contributed by atoms with van der Waals surface area (Å²) in [6.07, 6.45) is 8.53. The Balaban J connectivity index is 1.23. The van der Waals surface area contributed by atoms with Crippen LogP contribution in [-0.2, 0) is 20.8 Å². The summed E-state index contributed by atoms with van der Waals surface area (Å²) < 4.78 is 0. The standard InChI is InChI=1S/C29H35N5O4S/c30-17-20-8-10-21(11-9-20)25(26(36)28-31-14-16-39-28)32-27(37)22-12-13-23-29(38)33(18-24(35)34(22)23)15-4-7-19-5-2-1-3-6-19/h1-3,5-6,14,16-17,20-23,25,30H,4,7-13,15,18H2,(H,32,37)/t20?,21?,22-,23-,25-/m0/s1. The summed E-state index contributed by atoms with van der Waals surface area (Å²) in [5.41, 5.74) is 1.20. The lowest BCUT2D eigenvalue weighted by Gasteiger charge is -2.39. The SMILES string of the molecule is N=CC1CCC([C@H](NC(=O)[C@@H]2CC[C@H]3C(=O)N(CCCc4ccccc4)CC(=O)N23)C(=O)c2nccs2)CC1. The van der Waals surface area contributed by atoms with E-state index in [1.54, 1.807) is 16.5 Å². The number of fused-ring (bicyclic) bond motifs is 1. The molecule has 3 amide bonds. The second-order valence-corrected chi connectivity index (χ2v) is 11.7. The number of benzene rings is 1. The number of ketones is 1. The topological polar surface area (TPSA) is 124 Å². The van der Waals surface area contributed by atoms with Gasteiger partial charge in [-0.2, -0.15) is 0 Å². The number of carbonyl (C=O) groups is 4. The van der Waals surface area contributed by atoms with E-state index in [0.29, 0.717) is 24.4 Å². The Kier molecular flexibility index (Phi) is 8.50. The molecule has 9 nitrogen and oxygen atoms in total. The Morgan fingerprint density at radius 3 is 2.56 bits per heavy atom. The maximum atomic E-state index is 13.6. The highest BCUT2D eigenvalue weighted by atomic mass is 32.1. The predicted molar refractivity (Wildman–Crippen MR) is 148 cm³/mol. The summed E-state index contributed by atoms with van der Waals surface area (Å²) in [7, 11) is 0. The Labute approximate surface area is 232 Å². The first kappa shape index (κ1) is 27.2. The second kappa shape index (κ2) is 12.2. The lowest BCUT2D eigenvalue weighted by atomic mass is 9.77. The van der Waals surface area contributed by atoms with Gasteiger partial charge in [0.2, 0.25) is 23.5 Å². The van der Waals surface area contributed by atoms with Gasteiger partial charge in [-0.1, -0.05) is 30.3 Å². The van der Waals surface area contributed by atoms with E-state index in [0.717, 1.165) is 38.5 Å². The quantitative estimate of drug-likeness (QED) is 0.348. The van der Waals surface area contributed by atoms with Crippen LogP contribution < -0.4 is 5.32 Å². The van der Waals surface area contributed by atoms with Gasteiger partial charge in [0, 0.05) is 18.1 Å². The van der Waals surface area contributed by atoms with Crippen LogP contribution in [0.15, 0.2) is 41.9 Å². The molecule has 0 unspecified atom stereocenters. The van der Waals surface area contributed by atoms with Crippen LogP contribution in [-0.4, -0.2) is 75.7 Å². The number of aromatic nitrogens is 1. The summed E-state index contributed by atoms with van der Waals surface area (Å²) in [5.74, 6) is -0.755. The molecule has 2 aliphatic heterocycles. The summed E-state index contributed by atoms with van der Waals surface area (Å²) in [6, 6.07) is 7.92. The van der Waals surface area contributed by atoms with Crippen molar-refractivity contribution in [2.45, 2.75) is 69.5 Å². The van der Waals surface area contributed by atoms with E-state index in [-0.39, 0.29) is 41.9 Å². The normalized spacial score (nSPS) is 25.7. The molecule has 1 aliphatic carbocycles. The molecule has 0 spiro atoms. The van der Waals surface area contributed by atoms with Crippen LogP contribution in [0, 0.1) is 17.2 Å². The third-order valence-electron chi connectivity index (χ3n) is 8.38. The highest BCUT2D eigenvalue weighted by Crippen LogP contribution is 2.33. The van der Waals surface area contributed by atoms with Crippen molar-refractivity contribution in [3.8, 4) is 0 Å². The number of Topliss-reactive ketones (excluding diaryl/α,β-unsaturated/α-hetero) is 1. The van der Waals surface area contributed by atoms with Crippen molar-refractivity contribution in [2.24, 2.45) is 11.8 Å². The Bertz CT molecular complexity index is 1200. The molecule has 206 valence electrons. The van der Waals surface area contributed by atoms with Crippen molar-refractivity contribution in [3.05, 3.63) is 52.5 Å². The number of piperazine rings is 1. The molecule has 5 rings (SSSR count). The zero-order valence-corrected chi connectivity index (χ0v) is 22.8. The maximum absolute atomic E-state index is 13.6. The fourth-order valence-corrected chi connectivity index (χ4v) is 6.89. The highest BCUT2D eigenvalue weighted by molar-refractivity contribution is 7.11. The lowest BCUT2D eigenvalue weighted by Crippen LogP contribution is -2.62. The fourth-order valence-electron chi connectivity index (χ4n) is 6.27. The predicted octanol–water partition coefficient (Wildman–Crippen LogP) is 3.10. The molecule has 2 N–H and O–H groups in total. The Hall–Kier alpha value is -3.40. The van der Waals surface area contributed by atoms with Crippen LogP contribution >= 0.6 is 11.3 Å². The van der Waals surface area contributed by atoms with Crippen molar-refractivity contribution in [1.29, 1.82) is 5.41 Å². The van der Waals surface area contributed by atoms with Crippen molar-refractivity contribution < 1.29 is 19.2 Å². The number of rotatable bonds is 10. The van der Waals surface area contributed by atoms with Gasteiger partial charge >= 0.3 is 0 Å². The number of hydrogen-bond donors (Lipinski definition) is 2. The number of carbonyl (C=O) groups excluding carboxylic acids is 4. The second-order valence-electron chi connectivity index (χ2n) is 10.8. The van der Waals surface area contributed by atoms with E-state index in [1.165, 1.54) is 28.0 Å². The monoisotopic (exact) mass is 549 g/mol. The molecule has 10 heteroatoms. The molecule has 2 aromatic rings. The largest absolute Gasteiger partial charge is 0.344 e. The lowest BCUT2D eigenvalue weighted by molar-refractivity contribution is -0.157. The zero-order chi connectivity index (χ0) is 27.4. The molecule has 1 aromatic carbocycles.